The van der Waals surface area contributed by atoms with Gasteiger partial charge in [0.1, 0.15) is 5.54 Å². The van der Waals surface area contributed by atoms with Crippen molar-refractivity contribution in [3.05, 3.63) is 28.8 Å². The molecule has 0 aliphatic heterocycles. The van der Waals surface area contributed by atoms with Crippen LogP contribution in [-0.4, -0.2) is 47.3 Å². The maximum absolute atomic E-state index is 12.6. The number of carboxylic acid groups (broad SMARTS) is 2. The summed E-state index contributed by atoms with van der Waals surface area (Å²) in [7, 11) is -4.26. The number of sulfonamides is 1. The van der Waals surface area contributed by atoms with Crippen molar-refractivity contribution in [3.63, 3.8) is 0 Å². The molecule has 0 heterocycles. The molecule has 0 spiro atoms. The van der Waals surface area contributed by atoms with Gasteiger partial charge in [-0.15, -0.1) is 0 Å². The number of aliphatic hydroxyl groups excluding tert-OH is 1. The number of aliphatic hydroxyl groups is 1. The number of hydrogen-bond acceptors (Lipinski definition) is 5. The zero-order valence-electron chi connectivity index (χ0n) is 12.5. The van der Waals surface area contributed by atoms with E-state index in [1.54, 1.807) is 6.92 Å². The van der Waals surface area contributed by atoms with Gasteiger partial charge in [-0.05, 0) is 37.1 Å². The van der Waals surface area contributed by atoms with E-state index in [9.17, 15) is 28.2 Å². The SMILES string of the molecule is Cc1cc(C(=O)O)cc(S(=O)(=O)NC2(C(=O)O)CC(O)C2)c1C. The van der Waals surface area contributed by atoms with Crippen molar-refractivity contribution < 1.29 is 33.3 Å². The Hall–Kier alpha value is -1.97. The van der Waals surface area contributed by atoms with E-state index in [0.717, 1.165) is 6.07 Å². The minimum atomic E-state index is -4.26. The van der Waals surface area contributed by atoms with Crippen molar-refractivity contribution in [1.82, 2.24) is 4.72 Å². The van der Waals surface area contributed by atoms with Crippen molar-refractivity contribution in [2.24, 2.45) is 0 Å². The molecule has 1 aliphatic carbocycles. The topological polar surface area (TPSA) is 141 Å². The first-order valence-corrected chi connectivity index (χ1v) is 8.27. The molecule has 1 aliphatic rings. The van der Waals surface area contributed by atoms with Crippen LogP contribution < -0.4 is 4.72 Å². The average molecular weight is 343 g/mol. The van der Waals surface area contributed by atoms with Gasteiger partial charge in [-0.25, -0.2) is 13.2 Å². The molecule has 1 aromatic carbocycles. The molecular formula is C14H17NO7S. The fourth-order valence-corrected chi connectivity index (χ4v) is 4.31. The predicted molar refractivity (Wildman–Crippen MR) is 78.8 cm³/mol. The lowest BCUT2D eigenvalue weighted by molar-refractivity contribution is -0.153. The predicted octanol–water partition coefficient (Wildman–Crippen LogP) is 0.258. The van der Waals surface area contributed by atoms with Gasteiger partial charge in [0, 0.05) is 12.8 Å². The van der Waals surface area contributed by atoms with Crippen LogP contribution in [0.5, 0.6) is 0 Å². The van der Waals surface area contributed by atoms with Gasteiger partial charge in [-0.3, -0.25) is 4.79 Å². The first-order valence-electron chi connectivity index (χ1n) is 6.78. The van der Waals surface area contributed by atoms with Crippen LogP contribution in [0.2, 0.25) is 0 Å². The Morgan fingerprint density at radius 1 is 1.22 bits per heavy atom. The highest BCUT2D eigenvalue weighted by Gasteiger charge is 2.52. The van der Waals surface area contributed by atoms with E-state index in [-0.39, 0.29) is 23.3 Å². The van der Waals surface area contributed by atoms with Gasteiger partial charge in [0.2, 0.25) is 10.0 Å². The van der Waals surface area contributed by atoms with Crippen molar-refractivity contribution in [3.8, 4) is 0 Å². The number of aromatic carboxylic acids is 1. The van der Waals surface area contributed by atoms with Crippen LogP contribution in [0.4, 0.5) is 0 Å². The number of carbonyl (C=O) groups is 2. The number of nitrogens with one attached hydrogen (secondary N) is 1. The zero-order valence-corrected chi connectivity index (χ0v) is 13.3. The molecule has 0 bridgehead atoms. The zero-order chi connectivity index (χ0) is 17.6. The summed E-state index contributed by atoms with van der Waals surface area (Å²) < 4.78 is 27.2. The molecule has 0 radical (unpaired) electrons. The second-order valence-corrected chi connectivity index (χ2v) is 7.43. The fraction of sp³-hybridized carbons (Fsp3) is 0.429. The summed E-state index contributed by atoms with van der Waals surface area (Å²) in [5.41, 5.74) is -1.17. The van der Waals surface area contributed by atoms with E-state index < -0.39 is 33.6 Å². The van der Waals surface area contributed by atoms with Crippen LogP contribution in [-0.2, 0) is 14.8 Å². The minimum absolute atomic E-state index is 0.202. The van der Waals surface area contributed by atoms with Gasteiger partial charge in [0.05, 0.1) is 16.6 Å². The molecular weight excluding hydrogens is 326 g/mol. The summed E-state index contributed by atoms with van der Waals surface area (Å²) in [6.07, 6.45) is -1.36. The number of carboxylic acids is 2. The summed E-state index contributed by atoms with van der Waals surface area (Å²) in [4.78, 5) is 22.2. The Bertz CT molecular complexity index is 779. The van der Waals surface area contributed by atoms with Gasteiger partial charge < -0.3 is 15.3 Å². The Kier molecular flexibility index (Phi) is 4.22. The highest BCUT2D eigenvalue weighted by molar-refractivity contribution is 7.89. The molecule has 0 unspecified atom stereocenters. The van der Waals surface area contributed by atoms with Crippen LogP contribution in [0.1, 0.15) is 34.3 Å². The average Bonchev–Trinajstić information content (AvgIpc) is 2.38. The molecule has 1 fully saturated rings. The highest BCUT2D eigenvalue weighted by Crippen LogP contribution is 2.35. The molecule has 0 amide bonds. The number of rotatable bonds is 5. The lowest BCUT2D eigenvalue weighted by atomic mass is 9.75. The van der Waals surface area contributed by atoms with E-state index in [0.29, 0.717) is 11.1 Å². The number of aryl methyl sites for hydroxylation is 1. The van der Waals surface area contributed by atoms with E-state index in [1.807, 2.05) is 0 Å². The third-order valence-electron chi connectivity index (χ3n) is 4.06. The second kappa shape index (κ2) is 5.59. The molecule has 9 heteroatoms. The Labute approximate surface area is 132 Å². The highest BCUT2D eigenvalue weighted by atomic mass is 32.2. The lowest BCUT2D eigenvalue weighted by Crippen LogP contribution is -2.64. The van der Waals surface area contributed by atoms with Crippen LogP contribution in [0.25, 0.3) is 0 Å². The third kappa shape index (κ3) is 3.07. The fourth-order valence-electron chi connectivity index (χ4n) is 2.59. The van der Waals surface area contributed by atoms with Crippen LogP contribution in [0.15, 0.2) is 17.0 Å². The molecule has 4 N–H and O–H groups in total. The summed E-state index contributed by atoms with van der Waals surface area (Å²) in [5, 5.41) is 27.6. The van der Waals surface area contributed by atoms with E-state index in [2.05, 4.69) is 4.72 Å². The normalized spacial score (nSPS) is 24.0. The van der Waals surface area contributed by atoms with Crippen LogP contribution in [0, 0.1) is 13.8 Å². The number of aliphatic carboxylic acids is 1. The maximum atomic E-state index is 12.6. The lowest BCUT2D eigenvalue weighted by Gasteiger charge is -2.41. The summed E-state index contributed by atoms with van der Waals surface area (Å²) in [6.45, 7) is 3.08. The van der Waals surface area contributed by atoms with E-state index >= 15 is 0 Å². The van der Waals surface area contributed by atoms with Gasteiger partial charge in [0.25, 0.3) is 0 Å². The van der Waals surface area contributed by atoms with Crippen LogP contribution in [0.3, 0.4) is 0 Å². The summed E-state index contributed by atoms with van der Waals surface area (Å²) in [6, 6.07) is 2.34. The quantitative estimate of drug-likeness (QED) is 0.601. The van der Waals surface area contributed by atoms with Crippen molar-refractivity contribution >= 4 is 22.0 Å². The smallest absolute Gasteiger partial charge is 0.335 e. The van der Waals surface area contributed by atoms with Gasteiger partial charge >= 0.3 is 11.9 Å². The van der Waals surface area contributed by atoms with Gasteiger partial charge in [0.15, 0.2) is 0 Å². The van der Waals surface area contributed by atoms with Crippen LogP contribution >= 0.6 is 0 Å². The number of benzene rings is 1. The summed E-state index contributed by atoms with van der Waals surface area (Å²) in [5.74, 6) is -2.66. The first-order chi connectivity index (χ1) is 10.5. The molecule has 1 saturated carbocycles. The van der Waals surface area contributed by atoms with Crippen molar-refractivity contribution in [1.29, 1.82) is 0 Å². The Balaban J connectivity index is 2.48. The molecule has 0 saturated heterocycles. The molecule has 1 aromatic rings. The summed E-state index contributed by atoms with van der Waals surface area (Å²) >= 11 is 0. The molecule has 0 aromatic heterocycles. The van der Waals surface area contributed by atoms with Crippen molar-refractivity contribution in [2.75, 3.05) is 0 Å². The van der Waals surface area contributed by atoms with E-state index in [1.165, 1.54) is 13.0 Å². The van der Waals surface area contributed by atoms with Gasteiger partial charge in [-0.1, -0.05) is 0 Å². The molecule has 126 valence electrons. The molecule has 0 atom stereocenters. The molecule has 2 rings (SSSR count). The standard InChI is InChI=1S/C14H17NO7S/c1-7-3-9(12(17)18)4-11(8(7)2)23(21,22)15-14(13(19)20)5-10(16)6-14/h3-4,10,15-16H,5-6H2,1-2H3,(H,17,18)(H,19,20). The molecule has 8 nitrogen and oxygen atoms in total. The second-order valence-electron chi connectivity index (χ2n) is 5.78. The molecule has 23 heavy (non-hydrogen) atoms. The Morgan fingerprint density at radius 3 is 2.22 bits per heavy atom. The largest absolute Gasteiger partial charge is 0.480 e. The maximum Gasteiger partial charge on any atom is 0.335 e. The van der Waals surface area contributed by atoms with Gasteiger partial charge in [-0.2, -0.15) is 4.72 Å². The minimum Gasteiger partial charge on any atom is -0.480 e. The Morgan fingerprint density at radius 2 is 1.78 bits per heavy atom. The van der Waals surface area contributed by atoms with E-state index in [4.69, 9.17) is 5.11 Å². The first kappa shape index (κ1) is 17.4. The monoisotopic (exact) mass is 343 g/mol. The van der Waals surface area contributed by atoms with Crippen molar-refractivity contribution in [2.45, 2.75) is 43.2 Å². The third-order valence-corrected chi connectivity index (χ3v) is 5.73. The number of hydrogen-bond donors (Lipinski definition) is 4.